The van der Waals surface area contributed by atoms with Crippen molar-refractivity contribution in [1.82, 2.24) is 25.6 Å². The molecule has 4 rings (SSSR count). The molecular weight excluding hydrogens is 450 g/mol. The number of thioether (sulfide) groups is 1. The molecule has 10 heteroatoms. The van der Waals surface area contributed by atoms with Gasteiger partial charge in [-0.25, -0.2) is 0 Å². The Kier molecular flexibility index (Phi) is 7.41. The summed E-state index contributed by atoms with van der Waals surface area (Å²) < 4.78 is 7.76. The number of nitrogens with one attached hydrogen (secondary N) is 2. The molecule has 3 aromatic rings. The fourth-order valence-corrected chi connectivity index (χ4v) is 4.19. The van der Waals surface area contributed by atoms with Crippen LogP contribution in [0.25, 0.3) is 11.4 Å². The standard InChI is InChI=1S/C22H22ClN5O3S/c23-17-10-8-15(9-11-17)20-25-27-22(28(20)13-18-7-4-12-31-18)32-14-19(29)24-26-21(30)16-5-2-1-3-6-16/h1-3,5-6,8-11,18H,4,7,12-14H2,(H,24,29)(H,26,30). The highest BCUT2D eigenvalue weighted by atomic mass is 35.5. The highest BCUT2D eigenvalue weighted by Crippen LogP contribution is 2.27. The molecule has 2 heterocycles. The number of carbonyl (C=O) groups is 2. The number of benzene rings is 2. The highest BCUT2D eigenvalue weighted by Gasteiger charge is 2.22. The molecule has 0 spiro atoms. The zero-order chi connectivity index (χ0) is 22.3. The summed E-state index contributed by atoms with van der Waals surface area (Å²) in [6.07, 6.45) is 2.07. The fourth-order valence-electron chi connectivity index (χ4n) is 3.32. The van der Waals surface area contributed by atoms with Crippen LogP contribution in [0.5, 0.6) is 0 Å². The van der Waals surface area contributed by atoms with E-state index in [1.165, 1.54) is 11.8 Å². The molecular formula is C22H22ClN5O3S. The Hall–Kier alpha value is -2.88. The van der Waals surface area contributed by atoms with Crippen LogP contribution in [0, 0.1) is 0 Å². The molecule has 1 aliphatic rings. The summed E-state index contributed by atoms with van der Waals surface area (Å²) >= 11 is 7.26. The summed E-state index contributed by atoms with van der Waals surface area (Å²) in [5, 5.41) is 9.88. The number of hydrazine groups is 1. The largest absolute Gasteiger partial charge is 0.376 e. The Bertz CT molecular complexity index is 1070. The van der Waals surface area contributed by atoms with Crippen LogP contribution in [0.2, 0.25) is 5.02 Å². The summed E-state index contributed by atoms with van der Waals surface area (Å²) in [6, 6.07) is 16.0. The van der Waals surface area contributed by atoms with Crippen molar-refractivity contribution in [2.45, 2.75) is 30.6 Å². The van der Waals surface area contributed by atoms with E-state index >= 15 is 0 Å². The molecule has 0 saturated carbocycles. The zero-order valence-electron chi connectivity index (χ0n) is 17.2. The molecule has 1 saturated heterocycles. The second-order valence-corrected chi connectivity index (χ2v) is 8.59. The molecule has 1 unspecified atom stereocenters. The van der Waals surface area contributed by atoms with E-state index in [0.717, 1.165) is 25.0 Å². The van der Waals surface area contributed by atoms with Crippen molar-refractivity contribution in [2.75, 3.05) is 12.4 Å². The minimum atomic E-state index is -0.379. The lowest BCUT2D eigenvalue weighted by Gasteiger charge is -2.15. The molecule has 2 aromatic carbocycles. The number of amides is 2. The third-order valence-electron chi connectivity index (χ3n) is 4.91. The predicted molar refractivity (Wildman–Crippen MR) is 122 cm³/mol. The van der Waals surface area contributed by atoms with Crippen LogP contribution in [0.1, 0.15) is 23.2 Å². The average Bonchev–Trinajstić information content (AvgIpc) is 3.48. The molecule has 0 bridgehead atoms. The first-order valence-electron chi connectivity index (χ1n) is 10.2. The monoisotopic (exact) mass is 471 g/mol. The minimum absolute atomic E-state index is 0.0688. The van der Waals surface area contributed by atoms with Crippen molar-refractivity contribution < 1.29 is 14.3 Å². The van der Waals surface area contributed by atoms with Crippen LogP contribution in [0.4, 0.5) is 0 Å². The minimum Gasteiger partial charge on any atom is -0.376 e. The van der Waals surface area contributed by atoms with Crippen molar-refractivity contribution in [3.63, 3.8) is 0 Å². The Labute approximate surface area is 194 Å². The number of aromatic nitrogens is 3. The summed E-state index contributed by atoms with van der Waals surface area (Å²) in [6.45, 7) is 1.34. The summed E-state index contributed by atoms with van der Waals surface area (Å²) in [5.74, 6) is 0.0336. The van der Waals surface area contributed by atoms with E-state index in [1.54, 1.807) is 36.4 Å². The van der Waals surface area contributed by atoms with Crippen molar-refractivity contribution in [1.29, 1.82) is 0 Å². The molecule has 1 atom stereocenters. The first-order chi connectivity index (χ1) is 15.6. The topological polar surface area (TPSA) is 98.1 Å². The van der Waals surface area contributed by atoms with Crippen LogP contribution in [0.15, 0.2) is 59.8 Å². The zero-order valence-corrected chi connectivity index (χ0v) is 18.7. The van der Waals surface area contributed by atoms with Gasteiger partial charge in [-0.2, -0.15) is 0 Å². The van der Waals surface area contributed by atoms with Gasteiger partial charge in [0.15, 0.2) is 11.0 Å². The highest BCUT2D eigenvalue weighted by molar-refractivity contribution is 7.99. The van der Waals surface area contributed by atoms with E-state index in [2.05, 4.69) is 21.0 Å². The number of rotatable bonds is 7. The van der Waals surface area contributed by atoms with Gasteiger partial charge in [0.05, 0.1) is 18.4 Å². The SMILES string of the molecule is O=C(CSc1nnc(-c2ccc(Cl)cc2)n1CC1CCCO1)NNC(=O)c1ccccc1. The Balaban J connectivity index is 1.41. The van der Waals surface area contributed by atoms with Crippen LogP contribution in [0.3, 0.4) is 0 Å². The number of hydrogen-bond acceptors (Lipinski definition) is 6. The van der Waals surface area contributed by atoms with Crippen LogP contribution in [-0.4, -0.2) is 45.0 Å². The quantitative estimate of drug-likeness (QED) is 0.405. The molecule has 1 aromatic heterocycles. The summed E-state index contributed by atoms with van der Waals surface area (Å²) in [7, 11) is 0. The fraction of sp³-hybridized carbons (Fsp3) is 0.273. The van der Waals surface area contributed by atoms with Gasteiger partial charge in [-0.15, -0.1) is 10.2 Å². The van der Waals surface area contributed by atoms with Crippen molar-refractivity contribution in [3.8, 4) is 11.4 Å². The van der Waals surface area contributed by atoms with Gasteiger partial charge in [-0.05, 0) is 49.2 Å². The Morgan fingerprint density at radius 2 is 1.88 bits per heavy atom. The third kappa shape index (κ3) is 5.67. The molecule has 32 heavy (non-hydrogen) atoms. The molecule has 166 valence electrons. The molecule has 2 N–H and O–H groups in total. The Morgan fingerprint density at radius 1 is 1.09 bits per heavy atom. The molecule has 2 amide bonds. The van der Waals surface area contributed by atoms with Gasteiger partial charge in [0.2, 0.25) is 5.91 Å². The first-order valence-corrected chi connectivity index (χ1v) is 11.5. The van der Waals surface area contributed by atoms with Gasteiger partial charge < -0.3 is 4.74 Å². The lowest BCUT2D eigenvalue weighted by molar-refractivity contribution is -0.119. The maximum atomic E-state index is 12.3. The van der Waals surface area contributed by atoms with Crippen LogP contribution >= 0.6 is 23.4 Å². The van der Waals surface area contributed by atoms with E-state index in [1.807, 2.05) is 22.8 Å². The molecule has 1 fully saturated rings. The lowest BCUT2D eigenvalue weighted by atomic mass is 10.2. The predicted octanol–water partition coefficient (Wildman–Crippen LogP) is 3.33. The van der Waals surface area contributed by atoms with E-state index < -0.39 is 0 Å². The van der Waals surface area contributed by atoms with Crippen LogP contribution in [-0.2, 0) is 16.1 Å². The van der Waals surface area contributed by atoms with E-state index in [4.69, 9.17) is 16.3 Å². The molecule has 1 aliphatic heterocycles. The number of nitrogens with zero attached hydrogens (tertiary/aromatic N) is 3. The second-order valence-electron chi connectivity index (χ2n) is 7.22. The Morgan fingerprint density at radius 3 is 2.59 bits per heavy atom. The number of hydrogen-bond donors (Lipinski definition) is 2. The average molecular weight is 472 g/mol. The van der Waals surface area contributed by atoms with Gasteiger partial charge in [0.25, 0.3) is 5.91 Å². The van der Waals surface area contributed by atoms with E-state index in [-0.39, 0.29) is 23.7 Å². The normalized spacial score (nSPS) is 15.5. The number of ether oxygens (including phenoxy) is 1. The second kappa shape index (κ2) is 10.6. The number of carbonyl (C=O) groups excluding carboxylic acids is 2. The summed E-state index contributed by atoms with van der Waals surface area (Å²) in [5.41, 5.74) is 6.19. The molecule has 0 aliphatic carbocycles. The van der Waals surface area contributed by atoms with Gasteiger partial charge in [0.1, 0.15) is 0 Å². The van der Waals surface area contributed by atoms with Gasteiger partial charge in [-0.1, -0.05) is 41.6 Å². The maximum Gasteiger partial charge on any atom is 0.269 e. The maximum absolute atomic E-state index is 12.3. The van der Waals surface area contributed by atoms with Crippen molar-refractivity contribution in [2.24, 2.45) is 0 Å². The van der Waals surface area contributed by atoms with Gasteiger partial charge in [0, 0.05) is 22.8 Å². The van der Waals surface area contributed by atoms with Crippen molar-refractivity contribution >= 4 is 35.2 Å². The lowest BCUT2D eigenvalue weighted by Crippen LogP contribution is -2.42. The van der Waals surface area contributed by atoms with Crippen LogP contribution < -0.4 is 10.9 Å². The van der Waals surface area contributed by atoms with Crippen molar-refractivity contribution in [3.05, 3.63) is 65.2 Å². The third-order valence-corrected chi connectivity index (χ3v) is 6.13. The van der Waals surface area contributed by atoms with E-state index in [9.17, 15) is 9.59 Å². The molecule has 0 radical (unpaired) electrons. The van der Waals surface area contributed by atoms with E-state index in [0.29, 0.717) is 28.1 Å². The van der Waals surface area contributed by atoms with Gasteiger partial charge in [-0.3, -0.25) is 25.0 Å². The smallest absolute Gasteiger partial charge is 0.269 e. The number of halogens is 1. The summed E-state index contributed by atoms with van der Waals surface area (Å²) in [4.78, 5) is 24.4. The van der Waals surface area contributed by atoms with Gasteiger partial charge >= 0.3 is 0 Å². The molecule has 8 nitrogen and oxygen atoms in total. The first kappa shape index (κ1) is 22.3.